The van der Waals surface area contributed by atoms with E-state index in [0.717, 1.165) is 16.7 Å². The lowest BCUT2D eigenvalue weighted by molar-refractivity contribution is -0.155. The van der Waals surface area contributed by atoms with Gasteiger partial charge in [0.25, 0.3) is 11.8 Å². The number of benzene rings is 1. The van der Waals surface area contributed by atoms with Crippen LogP contribution in [0, 0.1) is 11.7 Å². The maximum absolute atomic E-state index is 14.0. The number of hydrogen-bond donors (Lipinski definition) is 1. The smallest absolute Gasteiger partial charge is 0.329 e. The Hall–Kier alpha value is -3.79. The number of hydrogen-bond acceptors (Lipinski definition) is 7. The second-order valence-corrected chi connectivity index (χ2v) is 9.23. The normalized spacial score (nSPS) is 16.2. The summed E-state index contributed by atoms with van der Waals surface area (Å²) in [5.41, 5.74) is 0.550. The molecule has 1 aliphatic rings. The van der Waals surface area contributed by atoms with Crippen LogP contribution in [0.15, 0.2) is 69.7 Å². The summed E-state index contributed by atoms with van der Waals surface area (Å²) >= 11 is 1.51. The second-order valence-electron chi connectivity index (χ2n) is 8.28. The molecule has 2 amide bonds. The zero-order valence-corrected chi connectivity index (χ0v) is 20.0. The molecule has 4 rings (SSSR count). The Morgan fingerprint density at radius 2 is 2.00 bits per heavy atom. The fourth-order valence-electron chi connectivity index (χ4n) is 3.69. The highest BCUT2D eigenvalue weighted by Crippen LogP contribution is 2.34. The number of nitrogens with one attached hydrogen (secondary N) is 1. The van der Waals surface area contributed by atoms with Crippen LogP contribution >= 0.6 is 11.3 Å². The Morgan fingerprint density at radius 1 is 1.20 bits per heavy atom. The van der Waals surface area contributed by atoms with E-state index >= 15 is 0 Å². The van der Waals surface area contributed by atoms with Crippen molar-refractivity contribution in [2.24, 2.45) is 11.0 Å². The number of esters is 1. The van der Waals surface area contributed by atoms with E-state index in [0.29, 0.717) is 12.2 Å². The number of thiophene rings is 1. The van der Waals surface area contributed by atoms with Crippen molar-refractivity contribution < 1.29 is 27.9 Å². The molecule has 0 saturated heterocycles. The molecule has 8 nitrogen and oxygen atoms in total. The summed E-state index contributed by atoms with van der Waals surface area (Å²) in [5, 5.41) is 10.2. The first kappa shape index (κ1) is 24.3. The van der Waals surface area contributed by atoms with E-state index in [4.69, 9.17) is 9.15 Å². The van der Waals surface area contributed by atoms with Gasteiger partial charge >= 0.3 is 5.97 Å². The molecule has 0 spiro atoms. The number of carbonyl (C=O) groups is 3. The van der Waals surface area contributed by atoms with Gasteiger partial charge in [-0.05, 0) is 41.6 Å². The van der Waals surface area contributed by atoms with Gasteiger partial charge < -0.3 is 14.5 Å². The van der Waals surface area contributed by atoms with Crippen molar-refractivity contribution in [1.82, 2.24) is 10.3 Å². The van der Waals surface area contributed by atoms with Crippen molar-refractivity contribution in [1.29, 1.82) is 0 Å². The van der Waals surface area contributed by atoms with Gasteiger partial charge in [0.15, 0.2) is 6.61 Å². The average Bonchev–Trinajstić information content (AvgIpc) is 3.61. The molecule has 2 atom stereocenters. The molecule has 0 radical (unpaired) electrons. The van der Waals surface area contributed by atoms with Crippen molar-refractivity contribution >= 4 is 34.8 Å². The summed E-state index contributed by atoms with van der Waals surface area (Å²) in [6.45, 7) is 2.84. The molecule has 0 aliphatic carbocycles. The molecule has 0 fully saturated rings. The van der Waals surface area contributed by atoms with Gasteiger partial charge in [0.2, 0.25) is 0 Å². The number of carbonyl (C=O) groups excluding carboxylic acids is 3. The fraction of sp³-hybridized carbons (Fsp3) is 0.280. The van der Waals surface area contributed by atoms with Crippen LogP contribution < -0.4 is 5.32 Å². The van der Waals surface area contributed by atoms with Crippen molar-refractivity contribution in [3.63, 3.8) is 0 Å². The Bertz CT molecular complexity index is 1220. The van der Waals surface area contributed by atoms with Crippen LogP contribution in [0.2, 0.25) is 0 Å². The second kappa shape index (κ2) is 10.6. The number of halogens is 1. The lowest BCUT2D eigenvalue weighted by Crippen LogP contribution is -2.46. The third-order valence-corrected chi connectivity index (χ3v) is 6.43. The van der Waals surface area contributed by atoms with Gasteiger partial charge in [-0.25, -0.2) is 14.2 Å². The van der Waals surface area contributed by atoms with E-state index in [1.54, 1.807) is 26.0 Å². The van der Waals surface area contributed by atoms with E-state index in [-0.39, 0.29) is 11.5 Å². The lowest BCUT2D eigenvalue weighted by atomic mass is 10.0. The number of ether oxygens (including phenoxy) is 1. The predicted octanol–water partition coefficient (Wildman–Crippen LogP) is 4.16. The van der Waals surface area contributed by atoms with Gasteiger partial charge in [0, 0.05) is 6.42 Å². The van der Waals surface area contributed by atoms with Gasteiger partial charge in [0.05, 0.1) is 22.4 Å². The number of nitrogens with zero attached hydrogens (tertiary/aromatic N) is 2. The van der Waals surface area contributed by atoms with Gasteiger partial charge in [-0.15, -0.1) is 11.3 Å². The molecule has 1 N–H and O–H groups in total. The van der Waals surface area contributed by atoms with Crippen LogP contribution in [0.5, 0.6) is 0 Å². The van der Waals surface area contributed by atoms with E-state index < -0.39 is 42.3 Å². The summed E-state index contributed by atoms with van der Waals surface area (Å²) in [7, 11) is 0. The minimum absolute atomic E-state index is 0.184. The average molecular weight is 498 g/mol. The van der Waals surface area contributed by atoms with Gasteiger partial charge in [-0.1, -0.05) is 32.0 Å². The first-order valence-electron chi connectivity index (χ1n) is 11.0. The quantitative estimate of drug-likeness (QED) is 0.471. The Kier molecular flexibility index (Phi) is 7.40. The maximum atomic E-state index is 14.0. The molecule has 2 aromatic heterocycles. The van der Waals surface area contributed by atoms with Crippen LogP contribution in [0.4, 0.5) is 4.39 Å². The molecule has 0 bridgehead atoms. The van der Waals surface area contributed by atoms with Crippen molar-refractivity contribution in [2.45, 2.75) is 32.4 Å². The monoisotopic (exact) mass is 497 g/mol. The van der Waals surface area contributed by atoms with Crippen LogP contribution in [0.1, 0.15) is 47.3 Å². The van der Waals surface area contributed by atoms with Gasteiger partial charge in [0.1, 0.15) is 23.7 Å². The van der Waals surface area contributed by atoms with E-state index in [1.165, 1.54) is 40.8 Å². The fourth-order valence-corrected chi connectivity index (χ4v) is 4.41. The first-order chi connectivity index (χ1) is 16.8. The van der Waals surface area contributed by atoms with Crippen LogP contribution in [-0.4, -0.2) is 41.2 Å². The molecule has 35 heavy (non-hydrogen) atoms. The zero-order chi connectivity index (χ0) is 24.9. The van der Waals surface area contributed by atoms with Crippen LogP contribution in [0.3, 0.4) is 0 Å². The lowest BCUT2D eigenvalue weighted by Gasteiger charge is -2.23. The topological polar surface area (TPSA) is 101 Å². The summed E-state index contributed by atoms with van der Waals surface area (Å²) in [6, 6.07) is 11.2. The van der Waals surface area contributed by atoms with Crippen molar-refractivity contribution in [2.75, 3.05) is 6.61 Å². The SMILES string of the molecule is CC(C)[C@H](NC(=O)c1ccccc1F)C(=O)OCC(=O)N1N=C(c2cccs2)C[C@H]1c1ccco1. The number of amides is 2. The van der Waals surface area contributed by atoms with Gasteiger partial charge in [-0.3, -0.25) is 9.59 Å². The summed E-state index contributed by atoms with van der Waals surface area (Å²) < 4.78 is 24.7. The molecule has 3 aromatic rings. The molecule has 0 unspecified atom stereocenters. The Balaban J connectivity index is 1.43. The molecule has 1 aromatic carbocycles. The summed E-state index contributed by atoms with van der Waals surface area (Å²) in [6.07, 6.45) is 1.98. The number of furan rings is 1. The van der Waals surface area contributed by atoms with E-state index in [2.05, 4.69) is 10.4 Å². The summed E-state index contributed by atoms with van der Waals surface area (Å²) in [5.74, 6) is -2.57. The third kappa shape index (κ3) is 5.48. The highest BCUT2D eigenvalue weighted by atomic mass is 32.1. The van der Waals surface area contributed by atoms with E-state index in [1.807, 2.05) is 17.5 Å². The largest absolute Gasteiger partial charge is 0.467 e. The van der Waals surface area contributed by atoms with Crippen LogP contribution in [-0.2, 0) is 14.3 Å². The molecule has 1 aliphatic heterocycles. The molecule has 10 heteroatoms. The molecule has 182 valence electrons. The minimum atomic E-state index is -1.07. The summed E-state index contributed by atoms with van der Waals surface area (Å²) in [4.78, 5) is 39.2. The van der Waals surface area contributed by atoms with Crippen molar-refractivity contribution in [3.05, 3.63) is 82.2 Å². The standard InChI is InChI=1S/C25H24FN3O5S/c1-15(2)23(27-24(31)16-7-3-4-8-17(16)26)25(32)34-14-22(30)29-19(20-9-5-11-33-20)13-18(28-29)21-10-6-12-35-21/h3-12,15,19,23H,13-14H2,1-2H3,(H,27,31)/t19-,23-/m0/s1. The van der Waals surface area contributed by atoms with Crippen LogP contribution in [0.25, 0.3) is 0 Å². The third-order valence-electron chi connectivity index (χ3n) is 5.51. The maximum Gasteiger partial charge on any atom is 0.329 e. The highest BCUT2D eigenvalue weighted by Gasteiger charge is 2.36. The Labute approximate surface area is 205 Å². The molecule has 0 saturated carbocycles. The number of hydrazone groups is 1. The molecule has 3 heterocycles. The molecular weight excluding hydrogens is 473 g/mol. The predicted molar refractivity (Wildman–Crippen MR) is 127 cm³/mol. The number of rotatable bonds is 8. The highest BCUT2D eigenvalue weighted by molar-refractivity contribution is 7.12. The van der Waals surface area contributed by atoms with Crippen molar-refractivity contribution in [3.8, 4) is 0 Å². The zero-order valence-electron chi connectivity index (χ0n) is 19.1. The van der Waals surface area contributed by atoms with Gasteiger partial charge in [-0.2, -0.15) is 5.10 Å². The minimum Gasteiger partial charge on any atom is -0.467 e. The molecular formula is C25H24FN3O5S. The van der Waals surface area contributed by atoms with E-state index in [9.17, 15) is 18.8 Å². The Morgan fingerprint density at radius 3 is 2.66 bits per heavy atom. The first-order valence-corrected chi connectivity index (χ1v) is 11.9.